The molecule has 1 aliphatic rings. The molecule has 1 saturated heterocycles. The molecule has 1 fully saturated rings. The van der Waals surface area contributed by atoms with Gasteiger partial charge >= 0.3 is 0 Å². The first-order chi connectivity index (χ1) is 9.16. The Morgan fingerprint density at radius 3 is 2.68 bits per heavy atom. The summed E-state index contributed by atoms with van der Waals surface area (Å²) < 4.78 is 0. The highest BCUT2D eigenvalue weighted by atomic mass is 32.2. The summed E-state index contributed by atoms with van der Waals surface area (Å²) in [5.41, 5.74) is 4.17. The zero-order valence-electron chi connectivity index (χ0n) is 12.4. The van der Waals surface area contributed by atoms with E-state index in [0.717, 1.165) is 6.54 Å². The van der Waals surface area contributed by atoms with Crippen LogP contribution in [0.25, 0.3) is 0 Å². The number of benzene rings is 1. The topological polar surface area (TPSA) is 15.3 Å². The second-order valence-electron chi connectivity index (χ2n) is 5.49. The van der Waals surface area contributed by atoms with Gasteiger partial charge in [-0.25, -0.2) is 0 Å². The molecular formula is C16H26N2S. The first-order valence-corrected chi connectivity index (χ1v) is 8.43. The zero-order valence-corrected chi connectivity index (χ0v) is 13.2. The lowest BCUT2D eigenvalue weighted by atomic mass is 10.0. The summed E-state index contributed by atoms with van der Waals surface area (Å²) >= 11 is 2.08. The van der Waals surface area contributed by atoms with Gasteiger partial charge in [-0.15, -0.1) is 0 Å². The van der Waals surface area contributed by atoms with Gasteiger partial charge in [0.15, 0.2) is 0 Å². The van der Waals surface area contributed by atoms with Crippen molar-refractivity contribution in [3.63, 3.8) is 0 Å². The minimum Gasteiger partial charge on any atom is -0.309 e. The van der Waals surface area contributed by atoms with E-state index >= 15 is 0 Å². The summed E-state index contributed by atoms with van der Waals surface area (Å²) in [5, 5.41) is 3.66. The van der Waals surface area contributed by atoms with Gasteiger partial charge in [0, 0.05) is 43.7 Å². The number of hydrogen-bond acceptors (Lipinski definition) is 3. The van der Waals surface area contributed by atoms with Gasteiger partial charge < -0.3 is 10.2 Å². The monoisotopic (exact) mass is 278 g/mol. The van der Waals surface area contributed by atoms with Crippen LogP contribution in [0.1, 0.15) is 29.7 Å². The average molecular weight is 278 g/mol. The van der Waals surface area contributed by atoms with Crippen molar-refractivity contribution >= 4 is 11.8 Å². The number of nitrogens with one attached hydrogen (secondary N) is 1. The quantitative estimate of drug-likeness (QED) is 0.891. The van der Waals surface area contributed by atoms with Crippen molar-refractivity contribution in [1.29, 1.82) is 0 Å². The third-order valence-corrected chi connectivity index (χ3v) is 4.82. The number of nitrogens with zero attached hydrogens (tertiary/aromatic N) is 1. The number of thioether (sulfide) groups is 1. The molecule has 1 aromatic carbocycles. The highest BCUT2D eigenvalue weighted by Gasteiger charge is 2.11. The molecule has 2 nitrogen and oxygen atoms in total. The van der Waals surface area contributed by atoms with Gasteiger partial charge in [-0.2, -0.15) is 11.8 Å². The van der Waals surface area contributed by atoms with E-state index in [9.17, 15) is 0 Å². The molecule has 19 heavy (non-hydrogen) atoms. The van der Waals surface area contributed by atoms with Crippen LogP contribution in [0.15, 0.2) is 18.2 Å². The number of rotatable bonds is 5. The Balaban J connectivity index is 1.78. The summed E-state index contributed by atoms with van der Waals surface area (Å²) in [7, 11) is 0. The molecule has 0 aliphatic carbocycles. The Morgan fingerprint density at radius 1 is 1.26 bits per heavy atom. The van der Waals surface area contributed by atoms with Crippen LogP contribution >= 0.6 is 11.8 Å². The van der Waals surface area contributed by atoms with Crippen LogP contribution in [0.4, 0.5) is 0 Å². The van der Waals surface area contributed by atoms with Gasteiger partial charge in [-0.1, -0.05) is 23.8 Å². The smallest absolute Gasteiger partial charge is 0.0294 e. The van der Waals surface area contributed by atoms with E-state index in [4.69, 9.17) is 0 Å². The fourth-order valence-corrected chi connectivity index (χ4v) is 3.66. The first kappa shape index (κ1) is 14.9. The van der Waals surface area contributed by atoms with Crippen LogP contribution in [0.2, 0.25) is 0 Å². The fraction of sp³-hybridized carbons (Fsp3) is 0.625. The van der Waals surface area contributed by atoms with Gasteiger partial charge in [0.2, 0.25) is 0 Å². The molecular weight excluding hydrogens is 252 g/mol. The Labute approximate surface area is 122 Å². The van der Waals surface area contributed by atoms with Crippen LogP contribution in [-0.2, 0) is 0 Å². The molecule has 1 atom stereocenters. The van der Waals surface area contributed by atoms with E-state index in [1.54, 1.807) is 0 Å². The van der Waals surface area contributed by atoms with Gasteiger partial charge in [0.1, 0.15) is 0 Å². The van der Waals surface area contributed by atoms with Crippen LogP contribution < -0.4 is 5.32 Å². The lowest BCUT2D eigenvalue weighted by Gasteiger charge is -2.27. The molecule has 0 amide bonds. The third-order valence-electron chi connectivity index (χ3n) is 3.87. The highest BCUT2D eigenvalue weighted by molar-refractivity contribution is 7.99. The molecule has 2 rings (SSSR count). The summed E-state index contributed by atoms with van der Waals surface area (Å²) in [6, 6.07) is 7.19. The molecule has 1 unspecified atom stereocenters. The summed E-state index contributed by atoms with van der Waals surface area (Å²) in [5.74, 6) is 2.60. The Kier molecular flexibility index (Phi) is 5.74. The van der Waals surface area contributed by atoms with E-state index in [-0.39, 0.29) is 0 Å². The normalized spacial score (nSPS) is 18.5. The van der Waals surface area contributed by atoms with E-state index in [1.807, 2.05) is 0 Å². The van der Waals surface area contributed by atoms with Gasteiger partial charge in [0.05, 0.1) is 0 Å². The second-order valence-corrected chi connectivity index (χ2v) is 6.71. The summed E-state index contributed by atoms with van der Waals surface area (Å²) in [6.07, 6.45) is 0. The summed E-state index contributed by atoms with van der Waals surface area (Å²) in [4.78, 5) is 2.57. The molecule has 0 saturated carbocycles. The van der Waals surface area contributed by atoms with Crippen LogP contribution in [0, 0.1) is 13.8 Å². The van der Waals surface area contributed by atoms with E-state index in [0.29, 0.717) is 6.04 Å². The average Bonchev–Trinajstić information content (AvgIpc) is 2.39. The predicted octanol–water partition coefficient (Wildman–Crippen LogP) is 3.00. The maximum Gasteiger partial charge on any atom is 0.0294 e. The summed E-state index contributed by atoms with van der Waals surface area (Å²) in [6.45, 7) is 11.4. The zero-order chi connectivity index (χ0) is 13.7. The maximum absolute atomic E-state index is 3.66. The minimum atomic E-state index is 0.444. The molecule has 1 heterocycles. The first-order valence-electron chi connectivity index (χ1n) is 7.27. The van der Waals surface area contributed by atoms with Crippen LogP contribution in [0.5, 0.6) is 0 Å². The fourth-order valence-electron chi connectivity index (χ4n) is 2.69. The van der Waals surface area contributed by atoms with Crippen molar-refractivity contribution in [2.75, 3.05) is 37.7 Å². The van der Waals surface area contributed by atoms with Crippen molar-refractivity contribution in [2.24, 2.45) is 0 Å². The van der Waals surface area contributed by atoms with Crippen molar-refractivity contribution in [3.8, 4) is 0 Å². The van der Waals surface area contributed by atoms with Gasteiger partial charge in [-0.05, 0) is 31.9 Å². The largest absolute Gasteiger partial charge is 0.309 e. The Bertz CT molecular complexity index is 400. The van der Waals surface area contributed by atoms with Crippen molar-refractivity contribution in [2.45, 2.75) is 26.8 Å². The molecule has 1 aromatic rings. The number of aryl methyl sites for hydroxylation is 2. The van der Waals surface area contributed by atoms with Crippen molar-refractivity contribution < 1.29 is 0 Å². The standard InChI is InChI=1S/C16H26N2S/c1-13-4-5-16(14(2)12-13)15(3)17-6-7-18-8-10-19-11-9-18/h4-5,12,15,17H,6-11H2,1-3H3. The lowest BCUT2D eigenvalue weighted by Crippen LogP contribution is -2.38. The molecule has 106 valence electrons. The second kappa shape index (κ2) is 7.32. The van der Waals surface area contributed by atoms with Crippen LogP contribution in [0.3, 0.4) is 0 Å². The van der Waals surface area contributed by atoms with E-state index < -0.39 is 0 Å². The Hall–Kier alpha value is -0.510. The SMILES string of the molecule is Cc1ccc(C(C)NCCN2CCSCC2)c(C)c1. The molecule has 1 N–H and O–H groups in total. The van der Waals surface area contributed by atoms with E-state index in [1.165, 1.54) is 47.8 Å². The highest BCUT2D eigenvalue weighted by Crippen LogP contribution is 2.18. The number of hydrogen-bond donors (Lipinski definition) is 1. The molecule has 3 heteroatoms. The van der Waals surface area contributed by atoms with Crippen molar-refractivity contribution in [3.05, 3.63) is 34.9 Å². The lowest BCUT2D eigenvalue weighted by molar-refractivity contribution is 0.296. The minimum absolute atomic E-state index is 0.444. The van der Waals surface area contributed by atoms with Crippen LogP contribution in [-0.4, -0.2) is 42.6 Å². The van der Waals surface area contributed by atoms with Crippen molar-refractivity contribution in [1.82, 2.24) is 10.2 Å². The molecule has 0 aromatic heterocycles. The van der Waals surface area contributed by atoms with E-state index in [2.05, 4.69) is 60.9 Å². The molecule has 0 spiro atoms. The Morgan fingerprint density at radius 2 is 2.00 bits per heavy atom. The van der Waals surface area contributed by atoms with Gasteiger partial charge in [0.25, 0.3) is 0 Å². The maximum atomic E-state index is 3.66. The predicted molar refractivity (Wildman–Crippen MR) is 86.1 cm³/mol. The molecule has 1 aliphatic heterocycles. The van der Waals surface area contributed by atoms with Gasteiger partial charge in [-0.3, -0.25) is 0 Å². The molecule has 0 radical (unpaired) electrons. The molecule has 0 bridgehead atoms. The third kappa shape index (κ3) is 4.51.